The van der Waals surface area contributed by atoms with Gasteiger partial charge in [-0.05, 0) is 36.5 Å². The Morgan fingerprint density at radius 1 is 1.30 bits per heavy atom. The fourth-order valence-corrected chi connectivity index (χ4v) is 3.32. The summed E-state index contributed by atoms with van der Waals surface area (Å²) < 4.78 is 12.1. The number of hydrogen-bond donors (Lipinski definition) is 2. The molecule has 0 amide bonds. The Labute approximate surface area is 137 Å². The second-order valence-electron chi connectivity index (χ2n) is 6.78. The quantitative estimate of drug-likeness (QED) is 0.873. The predicted octanol–water partition coefficient (Wildman–Crippen LogP) is 2.80. The maximum Gasteiger partial charge on any atom is 0.335 e. The van der Waals surface area contributed by atoms with Gasteiger partial charge in [0.1, 0.15) is 0 Å². The van der Waals surface area contributed by atoms with Gasteiger partial charge in [0.25, 0.3) is 0 Å². The molecule has 5 nitrogen and oxygen atoms in total. The van der Waals surface area contributed by atoms with Crippen molar-refractivity contribution in [2.75, 3.05) is 13.2 Å². The van der Waals surface area contributed by atoms with Crippen molar-refractivity contribution in [3.05, 3.63) is 35.4 Å². The standard InChI is InChI=1S/C18H25NO4/c1-13-6-8-18(9-7-13)22-12-16(23-18)11-19-10-14-2-4-15(5-3-14)17(20)21/h2-5,13,16,19H,6-12H2,1H3,(H,20,21). The van der Waals surface area contributed by atoms with Crippen LogP contribution < -0.4 is 5.32 Å². The zero-order valence-electron chi connectivity index (χ0n) is 13.6. The zero-order chi connectivity index (χ0) is 16.3. The lowest BCUT2D eigenvalue weighted by molar-refractivity contribution is -0.191. The van der Waals surface area contributed by atoms with E-state index in [9.17, 15) is 4.79 Å². The molecule has 3 rings (SSSR count). The lowest BCUT2D eigenvalue weighted by atomic mass is 9.86. The third-order valence-corrected chi connectivity index (χ3v) is 4.85. The monoisotopic (exact) mass is 319 g/mol. The van der Waals surface area contributed by atoms with Gasteiger partial charge in [0.2, 0.25) is 0 Å². The van der Waals surface area contributed by atoms with Crippen molar-refractivity contribution >= 4 is 5.97 Å². The minimum atomic E-state index is -0.895. The molecular weight excluding hydrogens is 294 g/mol. The molecule has 1 saturated heterocycles. The van der Waals surface area contributed by atoms with Crippen LogP contribution in [-0.2, 0) is 16.0 Å². The molecule has 5 heteroatoms. The molecular formula is C18H25NO4. The van der Waals surface area contributed by atoms with Gasteiger partial charge in [0, 0.05) is 25.9 Å². The van der Waals surface area contributed by atoms with Crippen molar-refractivity contribution in [3.8, 4) is 0 Å². The molecule has 1 aliphatic heterocycles. The molecule has 1 aliphatic carbocycles. The Hall–Kier alpha value is -1.43. The summed E-state index contributed by atoms with van der Waals surface area (Å²) in [5.74, 6) is -0.450. The molecule has 0 bridgehead atoms. The molecule has 1 unspecified atom stereocenters. The van der Waals surface area contributed by atoms with Crippen LogP contribution in [0, 0.1) is 5.92 Å². The molecule has 1 spiro atoms. The van der Waals surface area contributed by atoms with Crippen LogP contribution in [0.2, 0.25) is 0 Å². The minimum Gasteiger partial charge on any atom is -0.478 e. The zero-order valence-corrected chi connectivity index (χ0v) is 13.6. The number of carboxylic acids is 1. The van der Waals surface area contributed by atoms with Gasteiger partial charge in [0.05, 0.1) is 18.3 Å². The van der Waals surface area contributed by atoms with E-state index in [2.05, 4.69) is 12.2 Å². The second-order valence-corrected chi connectivity index (χ2v) is 6.78. The number of ether oxygens (including phenoxy) is 2. The van der Waals surface area contributed by atoms with Crippen LogP contribution in [-0.4, -0.2) is 36.1 Å². The summed E-state index contributed by atoms with van der Waals surface area (Å²) in [5.41, 5.74) is 1.38. The number of carbonyl (C=O) groups is 1. The van der Waals surface area contributed by atoms with E-state index in [1.165, 1.54) is 12.8 Å². The Kier molecular flexibility index (Phi) is 4.99. The molecule has 0 aromatic heterocycles. The lowest BCUT2D eigenvalue weighted by Gasteiger charge is -2.34. The third kappa shape index (κ3) is 4.10. The summed E-state index contributed by atoms with van der Waals surface area (Å²) in [5, 5.41) is 12.3. The van der Waals surface area contributed by atoms with Crippen molar-refractivity contribution < 1.29 is 19.4 Å². The van der Waals surface area contributed by atoms with Gasteiger partial charge in [0.15, 0.2) is 5.79 Å². The highest BCUT2D eigenvalue weighted by Crippen LogP contribution is 2.39. The van der Waals surface area contributed by atoms with Gasteiger partial charge in [-0.3, -0.25) is 0 Å². The van der Waals surface area contributed by atoms with Crippen molar-refractivity contribution in [1.82, 2.24) is 5.32 Å². The van der Waals surface area contributed by atoms with E-state index in [4.69, 9.17) is 14.6 Å². The Bertz CT molecular complexity index is 534. The highest BCUT2D eigenvalue weighted by atomic mass is 16.7. The van der Waals surface area contributed by atoms with Gasteiger partial charge in [-0.2, -0.15) is 0 Å². The molecule has 23 heavy (non-hydrogen) atoms. The summed E-state index contributed by atoms with van der Waals surface area (Å²) >= 11 is 0. The van der Waals surface area contributed by atoms with E-state index >= 15 is 0 Å². The molecule has 0 radical (unpaired) electrons. The molecule has 126 valence electrons. The number of carboxylic acid groups (broad SMARTS) is 1. The summed E-state index contributed by atoms with van der Waals surface area (Å²) in [6.45, 7) is 4.39. The van der Waals surface area contributed by atoms with Crippen molar-refractivity contribution in [2.45, 2.75) is 51.0 Å². The molecule has 1 aromatic carbocycles. The van der Waals surface area contributed by atoms with Gasteiger partial charge >= 0.3 is 5.97 Å². The van der Waals surface area contributed by atoms with Crippen molar-refractivity contribution in [3.63, 3.8) is 0 Å². The average Bonchev–Trinajstić information content (AvgIpc) is 2.94. The van der Waals surface area contributed by atoms with E-state index in [1.54, 1.807) is 12.1 Å². The van der Waals surface area contributed by atoms with E-state index in [0.717, 1.165) is 30.9 Å². The summed E-state index contributed by atoms with van der Waals surface area (Å²) in [6.07, 6.45) is 4.45. The first-order valence-electron chi connectivity index (χ1n) is 8.41. The molecule has 1 atom stereocenters. The van der Waals surface area contributed by atoms with Crippen LogP contribution in [0.5, 0.6) is 0 Å². The highest BCUT2D eigenvalue weighted by molar-refractivity contribution is 5.87. The van der Waals surface area contributed by atoms with Crippen LogP contribution in [0.25, 0.3) is 0 Å². The fraction of sp³-hybridized carbons (Fsp3) is 0.611. The lowest BCUT2D eigenvalue weighted by Crippen LogP contribution is -2.37. The Morgan fingerprint density at radius 3 is 2.65 bits per heavy atom. The highest BCUT2D eigenvalue weighted by Gasteiger charge is 2.43. The van der Waals surface area contributed by atoms with E-state index in [1.807, 2.05) is 12.1 Å². The average molecular weight is 319 g/mol. The van der Waals surface area contributed by atoms with Crippen molar-refractivity contribution in [1.29, 1.82) is 0 Å². The second kappa shape index (κ2) is 6.99. The van der Waals surface area contributed by atoms with E-state index in [0.29, 0.717) is 18.7 Å². The molecule has 2 aliphatic rings. The van der Waals surface area contributed by atoms with Crippen LogP contribution in [0.1, 0.15) is 48.5 Å². The number of rotatable bonds is 5. The minimum absolute atomic E-state index is 0.0988. The normalized spacial score (nSPS) is 30.7. The molecule has 2 N–H and O–H groups in total. The first-order valence-corrected chi connectivity index (χ1v) is 8.41. The maximum atomic E-state index is 10.8. The topological polar surface area (TPSA) is 67.8 Å². The molecule has 1 saturated carbocycles. The molecule has 2 fully saturated rings. The van der Waals surface area contributed by atoms with Gasteiger partial charge in [-0.25, -0.2) is 4.79 Å². The van der Waals surface area contributed by atoms with E-state index < -0.39 is 5.97 Å². The smallest absolute Gasteiger partial charge is 0.335 e. The number of aromatic carboxylic acids is 1. The van der Waals surface area contributed by atoms with E-state index in [-0.39, 0.29) is 11.9 Å². The van der Waals surface area contributed by atoms with Gasteiger partial charge < -0.3 is 19.9 Å². The van der Waals surface area contributed by atoms with Crippen LogP contribution in [0.4, 0.5) is 0 Å². The molecule has 1 aromatic rings. The van der Waals surface area contributed by atoms with Crippen LogP contribution >= 0.6 is 0 Å². The number of benzene rings is 1. The number of nitrogens with one attached hydrogen (secondary N) is 1. The van der Waals surface area contributed by atoms with Gasteiger partial charge in [-0.1, -0.05) is 19.1 Å². The summed E-state index contributed by atoms with van der Waals surface area (Å²) in [4.78, 5) is 10.8. The summed E-state index contributed by atoms with van der Waals surface area (Å²) in [6, 6.07) is 6.94. The van der Waals surface area contributed by atoms with Crippen LogP contribution in [0.3, 0.4) is 0 Å². The largest absolute Gasteiger partial charge is 0.478 e. The SMILES string of the molecule is CC1CCC2(CC1)OCC(CNCc1ccc(C(=O)O)cc1)O2. The maximum absolute atomic E-state index is 10.8. The number of hydrogen-bond acceptors (Lipinski definition) is 4. The van der Waals surface area contributed by atoms with Crippen LogP contribution in [0.15, 0.2) is 24.3 Å². The van der Waals surface area contributed by atoms with Gasteiger partial charge in [-0.15, -0.1) is 0 Å². The summed E-state index contributed by atoms with van der Waals surface area (Å²) in [7, 11) is 0. The first-order chi connectivity index (χ1) is 11.1. The third-order valence-electron chi connectivity index (χ3n) is 4.85. The Balaban J connectivity index is 1.42. The Morgan fingerprint density at radius 2 is 2.00 bits per heavy atom. The molecule has 1 heterocycles. The fourth-order valence-electron chi connectivity index (χ4n) is 3.32. The predicted molar refractivity (Wildman–Crippen MR) is 86.3 cm³/mol. The first kappa shape index (κ1) is 16.4. The van der Waals surface area contributed by atoms with Crippen molar-refractivity contribution in [2.24, 2.45) is 5.92 Å².